The predicted molar refractivity (Wildman–Crippen MR) is 70.6 cm³/mol. The molecule has 0 aromatic carbocycles. The minimum atomic E-state index is 0.244. The van der Waals surface area contributed by atoms with E-state index in [0.717, 1.165) is 6.54 Å². The molecule has 1 atom stereocenters. The van der Waals surface area contributed by atoms with Gasteiger partial charge in [0.2, 0.25) is 0 Å². The van der Waals surface area contributed by atoms with Crippen molar-refractivity contribution in [1.82, 2.24) is 9.80 Å². The highest BCUT2D eigenvalue weighted by Gasteiger charge is 2.35. The Balaban J connectivity index is 2.68. The fourth-order valence-electron chi connectivity index (χ4n) is 3.01. The summed E-state index contributed by atoms with van der Waals surface area (Å²) in [4.78, 5) is 5.19. The number of rotatable bonds is 5. The Bertz CT molecular complexity index is 193. The van der Waals surface area contributed by atoms with Crippen molar-refractivity contribution in [3.8, 4) is 0 Å². The van der Waals surface area contributed by atoms with Gasteiger partial charge in [0.25, 0.3) is 0 Å². The molecule has 16 heavy (non-hydrogen) atoms. The van der Waals surface area contributed by atoms with E-state index in [-0.39, 0.29) is 5.54 Å². The lowest BCUT2D eigenvalue weighted by Crippen LogP contribution is -2.62. The van der Waals surface area contributed by atoms with Gasteiger partial charge in [-0.05, 0) is 26.3 Å². The molecule has 0 bridgehead atoms. The third-order valence-corrected chi connectivity index (χ3v) is 4.54. The normalized spacial score (nSPS) is 24.9. The van der Waals surface area contributed by atoms with Crippen molar-refractivity contribution in [2.24, 2.45) is 5.73 Å². The van der Waals surface area contributed by atoms with Crippen LogP contribution in [0.3, 0.4) is 0 Å². The molecule has 1 saturated heterocycles. The average molecular weight is 227 g/mol. The third-order valence-electron chi connectivity index (χ3n) is 4.54. The van der Waals surface area contributed by atoms with E-state index >= 15 is 0 Å². The van der Waals surface area contributed by atoms with E-state index in [1.54, 1.807) is 0 Å². The number of likely N-dealkylation sites (N-methyl/N-ethyl adjacent to an activating group) is 1. The van der Waals surface area contributed by atoms with E-state index in [4.69, 9.17) is 5.73 Å². The number of piperazine rings is 1. The van der Waals surface area contributed by atoms with Crippen molar-refractivity contribution < 1.29 is 0 Å². The standard InChI is InChI=1S/C13H29N3/c1-5-13(6-2,11-14)16-9-8-15(7-3)12(4)10-16/h12H,5-11,14H2,1-4H3. The van der Waals surface area contributed by atoms with Crippen LogP contribution in [0.15, 0.2) is 0 Å². The maximum atomic E-state index is 6.02. The van der Waals surface area contributed by atoms with Gasteiger partial charge >= 0.3 is 0 Å². The van der Waals surface area contributed by atoms with E-state index in [1.165, 1.54) is 39.0 Å². The number of nitrogens with zero attached hydrogens (tertiary/aromatic N) is 2. The Morgan fingerprint density at radius 1 is 1.19 bits per heavy atom. The fraction of sp³-hybridized carbons (Fsp3) is 1.00. The van der Waals surface area contributed by atoms with Gasteiger partial charge < -0.3 is 5.73 Å². The smallest absolute Gasteiger partial charge is 0.0327 e. The Morgan fingerprint density at radius 2 is 1.81 bits per heavy atom. The van der Waals surface area contributed by atoms with Crippen molar-refractivity contribution in [2.45, 2.75) is 52.1 Å². The van der Waals surface area contributed by atoms with Gasteiger partial charge in [-0.3, -0.25) is 9.80 Å². The van der Waals surface area contributed by atoms with Crippen LogP contribution >= 0.6 is 0 Å². The number of hydrogen-bond donors (Lipinski definition) is 1. The van der Waals surface area contributed by atoms with Gasteiger partial charge in [-0.1, -0.05) is 20.8 Å². The molecule has 1 aliphatic heterocycles. The first-order valence-corrected chi connectivity index (χ1v) is 6.82. The van der Waals surface area contributed by atoms with Gasteiger partial charge in [0.1, 0.15) is 0 Å². The summed E-state index contributed by atoms with van der Waals surface area (Å²) in [5.41, 5.74) is 6.26. The van der Waals surface area contributed by atoms with Crippen LogP contribution in [0.25, 0.3) is 0 Å². The predicted octanol–water partition coefficient (Wildman–Crippen LogP) is 1.53. The van der Waals surface area contributed by atoms with Crippen molar-refractivity contribution in [1.29, 1.82) is 0 Å². The molecule has 3 heteroatoms. The molecule has 0 amide bonds. The van der Waals surface area contributed by atoms with Gasteiger partial charge in [0.05, 0.1) is 0 Å². The van der Waals surface area contributed by atoms with Crippen LogP contribution in [0.4, 0.5) is 0 Å². The SMILES string of the molecule is CCN1CCN(C(CC)(CC)CN)CC1C. The summed E-state index contributed by atoms with van der Waals surface area (Å²) in [6.07, 6.45) is 2.33. The topological polar surface area (TPSA) is 32.5 Å². The number of nitrogens with two attached hydrogens (primary N) is 1. The third kappa shape index (κ3) is 2.58. The van der Waals surface area contributed by atoms with E-state index in [0.29, 0.717) is 6.04 Å². The molecule has 0 aromatic heterocycles. The first-order chi connectivity index (χ1) is 7.63. The largest absolute Gasteiger partial charge is 0.329 e. The molecule has 96 valence electrons. The van der Waals surface area contributed by atoms with E-state index < -0.39 is 0 Å². The Kier molecular flexibility index (Phi) is 5.22. The molecule has 1 unspecified atom stereocenters. The first kappa shape index (κ1) is 13.9. The Morgan fingerprint density at radius 3 is 2.19 bits per heavy atom. The molecule has 1 heterocycles. The summed E-state index contributed by atoms with van der Waals surface area (Å²) in [7, 11) is 0. The summed E-state index contributed by atoms with van der Waals surface area (Å²) < 4.78 is 0. The van der Waals surface area contributed by atoms with Crippen LogP contribution < -0.4 is 5.73 Å². The average Bonchev–Trinajstić information content (AvgIpc) is 2.32. The molecule has 0 spiro atoms. The van der Waals surface area contributed by atoms with E-state index in [2.05, 4.69) is 37.5 Å². The zero-order valence-corrected chi connectivity index (χ0v) is 11.5. The molecule has 0 radical (unpaired) electrons. The van der Waals surface area contributed by atoms with Gasteiger partial charge in [0, 0.05) is 37.8 Å². The van der Waals surface area contributed by atoms with Crippen LogP contribution in [-0.4, -0.2) is 54.1 Å². The lowest BCUT2D eigenvalue weighted by Gasteiger charge is -2.49. The summed E-state index contributed by atoms with van der Waals surface area (Å²) in [6.45, 7) is 14.6. The van der Waals surface area contributed by atoms with Crippen LogP contribution in [0.5, 0.6) is 0 Å². The zero-order valence-electron chi connectivity index (χ0n) is 11.5. The van der Waals surface area contributed by atoms with Gasteiger partial charge in [-0.15, -0.1) is 0 Å². The van der Waals surface area contributed by atoms with Gasteiger partial charge in [-0.2, -0.15) is 0 Å². The molecule has 0 aromatic rings. The van der Waals surface area contributed by atoms with Gasteiger partial charge in [-0.25, -0.2) is 0 Å². The molecule has 3 nitrogen and oxygen atoms in total. The van der Waals surface area contributed by atoms with Crippen LogP contribution in [0.1, 0.15) is 40.5 Å². The molecule has 1 rings (SSSR count). The van der Waals surface area contributed by atoms with Gasteiger partial charge in [0.15, 0.2) is 0 Å². The van der Waals surface area contributed by atoms with E-state index in [1.807, 2.05) is 0 Å². The molecule has 0 aliphatic carbocycles. The van der Waals surface area contributed by atoms with E-state index in [9.17, 15) is 0 Å². The lowest BCUT2D eigenvalue weighted by atomic mass is 9.89. The zero-order chi connectivity index (χ0) is 12.2. The maximum absolute atomic E-state index is 6.02. The minimum Gasteiger partial charge on any atom is -0.329 e. The highest BCUT2D eigenvalue weighted by molar-refractivity contribution is 4.93. The van der Waals surface area contributed by atoms with Crippen LogP contribution in [-0.2, 0) is 0 Å². The summed E-state index contributed by atoms with van der Waals surface area (Å²) >= 11 is 0. The lowest BCUT2D eigenvalue weighted by molar-refractivity contribution is 0.00565. The number of hydrogen-bond acceptors (Lipinski definition) is 3. The van der Waals surface area contributed by atoms with Crippen molar-refractivity contribution in [3.05, 3.63) is 0 Å². The summed E-state index contributed by atoms with van der Waals surface area (Å²) in [6, 6.07) is 0.669. The second-order valence-electron chi connectivity index (χ2n) is 5.06. The molecule has 2 N–H and O–H groups in total. The fourth-order valence-corrected chi connectivity index (χ4v) is 3.01. The molecule has 1 aliphatic rings. The molecular weight excluding hydrogens is 198 g/mol. The Labute approximate surface area is 101 Å². The second-order valence-corrected chi connectivity index (χ2v) is 5.06. The molecule has 0 saturated carbocycles. The van der Waals surface area contributed by atoms with Crippen molar-refractivity contribution in [3.63, 3.8) is 0 Å². The van der Waals surface area contributed by atoms with Crippen LogP contribution in [0, 0.1) is 0 Å². The van der Waals surface area contributed by atoms with Crippen molar-refractivity contribution >= 4 is 0 Å². The molecule has 1 fully saturated rings. The summed E-state index contributed by atoms with van der Waals surface area (Å²) in [5.74, 6) is 0. The molecular formula is C13H29N3. The highest BCUT2D eigenvalue weighted by Crippen LogP contribution is 2.25. The maximum Gasteiger partial charge on any atom is 0.0327 e. The minimum absolute atomic E-state index is 0.244. The van der Waals surface area contributed by atoms with Crippen LogP contribution in [0.2, 0.25) is 0 Å². The second kappa shape index (κ2) is 5.99. The monoisotopic (exact) mass is 227 g/mol. The first-order valence-electron chi connectivity index (χ1n) is 6.82. The summed E-state index contributed by atoms with van der Waals surface area (Å²) in [5, 5.41) is 0. The highest BCUT2D eigenvalue weighted by atomic mass is 15.3. The Hall–Kier alpha value is -0.120. The quantitative estimate of drug-likeness (QED) is 0.773. The van der Waals surface area contributed by atoms with Crippen molar-refractivity contribution in [2.75, 3.05) is 32.7 Å².